The molecule has 0 saturated carbocycles. The quantitative estimate of drug-likeness (QED) is 0.374. The van der Waals surface area contributed by atoms with Crippen LogP contribution in [0.2, 0.25) is 0 Å². The Labute approximate surface area is 63.1 Å². The molecule has 0 N–H and O–H groups in total. The molecule has 0 aromatic carbocycles. The number of hydrogen-bond donors (Lipinski definition) is 0. The fraction of sp³-hybridized carbons (Fsp3) is 0. The fourth-order valence-corrected chi connectivity index (χ4v) is 0. The monoisotopic (exact) mass is 200 g/mol. The third-order valence-corrected chi connectivity index (χ3v) is 0. The second-order valence-electron chi connectivity index (χ2n) is 0.289. The van der Waals surface area contributed by atoms with Crippen molar-refractivity contribution in [3.8, 4) is 0 Å². The maximum absolute atomic E-state index is 8.42. The van der Waals surface area contributed by atoms with Crippen LogP contribution in [0, 0.1) is 41.3 Å². The Bertz CT molecular complexity index is 11.6. The van der Waals surface area contributed by atoms with E-state index in [0.717, 1.165) is 0 Å². The predicted octanol–water partition coefficient (Wildman–Crippen LogP) is -3.95. The maximum atomic E-state index is 8.42. The zero-order valence-electron chi connectivity index (χ0n) is 2.38. The second-order valence-corrected chi connectivity index (χ2v) is 0.289. The molecule has 24 valence electrons. The first kappa shape index (κ1) is 9.58. The first-order valence-corrected chi connectivity index (χ1v) is 0.707. The van der Waals surface area contributed by atoms with Gasteiger partial charge in [0.1, 0.15) is 0 Å². The molecule has 0 rings (SSSR count). The van der Waals surface area contributed by atoms with E-state index in [-0.39, 0.29) is 41.3 Å². The van der Waals surface area contributed by atoms with Gasteiger partial charge >= 0.3 is 41.3 Å². The molecule has 0 radical (unpaired) electrons. The van der Waals surface area contributed by atoms with E-state index < -0.39 is 7.32 Å². The molecule has 0 aromatic heterocycles. The van der Waals surface area contributed by atoms with Crippen LogP contribution in [-0.2, 0) is 0 Å². The summed E-state index contributed by atoms with van der Waals surface area (Å²) >= 11 is 0. The molecule has 3 nitrogen and oxygen atoms in total. The van der Waals surface area contributed by atoms with E-state index in [1.807, 2.05) is 0 Å². The van der Waals surface area contributed by atoms with Gasteiger partial charge in [0.05, 0.1) is 0 Å². The van der Waals surface area contributed by atoms with Crippen molar-refractivity contribution in [1.29, 1.82) is 0 Å². The Morgan fingerprint density at radius 2 is 1.00 bits per heavy atom. The summed E-state index contributed by atoms with van der Waals surface area (Å²) in [7, 11) is -2.92. The van der Waals surface area contributed by atoms with Crippen molar-refractivity contribution in [3.05, 3.63) is 0 Å². The average molecular weight is 200 g/mol. The molecule has 0 unspecified atom stereocenters. The summed E-state index contributed by atoms with van der Waals surface area (Å²) in [6.45, 7) is 0. The van der Waals surface area contributed by atoms with Crippen LogP contribution in [0.4, 0.5) is 0 Å². The second kappa shape index (κ2) is 5.31. The zero-order valence-corrected chi connectivity index (χ0v) is 6.08. The SMILES string of the molecule is [O-]B([O-])[O-].[Pr+3]. The summed E-state index contributed by atoms with van der Waals surface area (Å²) in [5, 5.41) is 25.2. The van der Waals surface area contributed by atoms with Gasteiger partial charge in [-0.3, -0.25) is 7.32 Å². The first-order chi connectivity index (χ1) is 1.73. The molecule has 0 spiro atoms. The van der Waals surface area contributed by atoms with Gasteiger partial charge in [-0.15, -0.1) is 0 Å². The third-order valence-electron chi connectivity index (χ3n) is 0. The summed E-state index contributed by atoms with van der Waals surface area (Å²) in [4.78, 5) is 0. The Morgan fingerprint density at radius 1 is 1.00 bits per heavy atom. The van der Waals surface area contributed by atoms with Crippen LogP contribution < -0.4 is 15.1 Å². The maximum Gasteiger partial charge on any atom is 3.00 e. The van der Waals surface area contributed by atoms with Crippen LogP contribution in [-0.4, -0.2) is 7.32 Å². The van der Waals surface area contributed by atoms with E-state index in [9.17, 15) is 0 Å². The molecule has 5 heavy (non-hydrogen) atoms. The van der Waals surface area contributed by atoms with Gasteiger partial charge in [-0.25, -0.2) is 0 Å². The van der Waals surface area contributed by atoms with Gasteiger partial charge in [-0.1, -0.05) is 0 Å². The third kappa shape index (κ3) is 33.9. The van der Waals surface area contributed by atoms with Gasteiger partial charge in [-0.2, -0.15) is 0 Å². The zero-order chi connectivity index (χ0) is 3.58. The summed E-state index contributed by atoms with van der Waals surface area (Å²) in [5.41, 5.74) is 0. The van der Waals surface area contributed by atoms with Crippen molar-refractivity contribution in [3.63, 3.8) is 0 Å². The van der Waals surface area contributed by atoms with Crippen LogP contribution >= 0.6 is 0 Å². The van der Waals surface area contributed by atoms with Gasteiger partial charge in [0.25, 0.3) is 0 Å². The Hall–Kier alpha value is 1.31. The summed E-state index contributed by atoms with van der Waals surface area (Å²) in [6.07, 6.45) is 0. The normalized spacial score (nSPS) is 5.40. The molecule has 0 fully saturated rings. The molecule has 0 bridgehead atoms. The van der Waals surface area contributed by atoms with E-state index in [1.54, 1.807) is 0 Å². The van der Waals surface area contributed by atoms with Crippen molar-refractivity contribution in [2.24, 2.45) is 0 Å². The smallest absolute Gasteiger partial charge is 0.907 e. The van der Waals surface area contributed by atoms with E-state index in [1.165, 1.54) is 0 Å². The van der Waals surface area contributed by atoms with Crippen molar-refractivity contribution < 1.29 is 56.4 Å². The first-order valence-electron chi connectivity index (χ1n) is 0.707. The van der Waals surface area contributed by atoms with Gasteiger partial charge in [-0.05, 0) is 0 Å². The average Bonchev–Trinajstić information content (AvgIpc) is 0.811. The molecule has 0 amide bonds. The Kier molecular flexibility index (Phi) is 10.2. The van der Waals surface area contributed by atoms with Crippen molar-refractivity contribution in [2.45, 2.75) is 0 Å². The van der Waals surface area contributed by atoms with E-state index >= 15 is 0 Å². The van der Waals surface area contributed by atoms with Crippen LogP contribution in [0.25, 0.3) is 0 Å². The van der Waals surface area contributed by atoms with Crippen LogP contribution in [0.3, 0.4) is 0 Å². The van der Waals surface area contributed by atoms with E-state index in [2.05, 4.69) is 0 Å². The number of hydrogen-bond acceptors (Lipinski definition) is 3. The van der Waals surface area contributed by atoms with Crippen molar-refractivity contribution in [2.75, 3.05) is 0 Å². The van der Waals surface area contributed by atoms with E-state index in [0.29, 0.717) is 0 Å². The molecule has 5 heteroatoms. The number of rotatable bonds is 0. The van der Waals surface area contributed by atoms with Crippen LogP contribution in [0.1, 0.15) is 0 Å². The largest absolute Gasteiger partial charge is 3.00 e. The molecular formula is BO3Pr. The molecule has 0 heterocycles. The Morgan fingerprint density at radius 3 is 1.00 bits per heavy atom. The van der Waals surface area contributed by atoms with Gasteiger partial charge in [0, 0.05) is 0 Å². The molecule has 0 aliphatic heterocycles. The van der Waals surface area contributed by atoms with Crippen molar-refractivity contribution >= 4 is 7.32 Å². The van der Waals surface area contributed by atoms with Crippen LogP contribution in [0.5, 0.6) is 0 Å². The molecule has 0 atom stereocenters. The Balaban J connectivity index is 0. The minimum Gasteiger partial charge on any atom is -0.907 e. The summed E-state index contributed by atoms with van der Waals surface area (Å²) in [5.74, 6) is 0. The predicted molar refractivity (Wildman–Crippen MR) is 5.75 cm³/mol. The van der Waals surface area contributed by atoms with Gasteiger partial charge in [0.2, 0.25) is 0 Å². The summed E-state index contributed by atoms with van der Waals surface area (Å²) < 4.78 is 0. The molecule has 0 aliphatic rings. The van der Waals surface area contributed by atoms with Crippen molar-refractivity contribution in [1.82, 2.24) is 0 Å². The van der Waals surface area contributed by atoms with Gasteiger partial charge < -0.3 is 15.1 Å². The standard InChI is InChI=1S/BO3.Pr/c2-1(3)4;/q-3;+3. The van der Waals surface area contributed by atoms with E-state index in [4.69, 9.17) is 15.1 Å². The topological polar surface area (TPSA) is 69.2 Å². The minimum absolute atomic E-state index is 0. The molecule has 0 saturated heterocycles. The fourth-order valence-electron chi connectivity index (χ4n) is 0. The molecule has 0 aliphatic carbocycles. The van der Waals surface area contributed by atoms with Crippen LogP contribution in [0.15, 0.2) is 0 Å². The summed E-state index contributed by atoms with van der Waals surface area (Å²) in [6, 6.07) is 0. The minimum atomic E-state index is -2.92. The van der Waals surface area contributed by atoms with Gasteiger partial charge in [0.15, 0.2) is 0 Å². The molecule has 0 aromatic rings. The molecular weight excluding hydrogens is 200 g/mol.